The summed E-state index contributed by atoms with van der Waals surface area (Å²) in [5.74, 6) is 0.431. The molecule has 1 aliphatic rings. The third-order valence-corrected chi connectivity index (χ3v) is 4.30. The Morgan fingerprint density at radius 1 is 1.25 bits per heavy atom. The predicted molar refractivity (Wildman–Crippen MR) is 95.2 cm³/mol. The van der Waals surface area contributed by atoms with Crippen molar-refractivity contribution in [1.82, 2.24) is 4.90 Å². The molecule has 0 radical (unpaired) electrons. The third-order valence-electron chi connectivity index (χ3n) is 4.30. The molecule has 1 saturated heterocycles. The Morgan fingerprint density at radius 3 is 2.46 bits per heavy atom. The van der Waals surface area contributed by atoms with Crippen molar-refractivity contribution in [2.75, 3.05) is 18.1 Å². The minimum Gasteiger partial charge on any atom is -0.492 e. The molecule has 0 saturated carbocycles. The van der Waals surface area contributed by atoms with E-state index < -0.39 is 0 Å². The van der Waals surface area contributed by atoms with Crippen LogP contribution in [0, 0.1) is 5.92 Å². The van der Waals surface area contributed by atoms with Crippen LogP contribution in [0.5, 0.6) is 5.75 Å². The van der Waals surface area contributed by atoms with Crippen molar-refractivity contribution in [3.63, 3.8) is 0 Å². The van der Waals surface area contributed by atoms with Crippen molar-refractivity contribution in [1.29, 1.82) is 0 Å². The van der Waals surface area contributed by atoms with Crippen molar-refractivity contribution in [3.8, 4) is 5.75 Å². The van der Waals surface area contributed by atoms with Crippen LogP contribution in [0.3, 0.4) is 0 Å². The van der Waals surface area contributed by atoms with Crippen LogP contribution in [0.2, 0.25) is 0 Å². The summed E-state index contributed by atoms with van der Waals surface area (Å²) in [5, 5.41) is 0. The topological polar surface area (TPSA) is 49.9 Å². The number of carbonyl (C=O) groups is 2. The largest absolute Gasteiger partial charge is 0.492 e. The highest BCUT2D eigenvalue weighted by Gasteiger charge is 2.39. The van der Waals surface area contributed by atoms with Crippen LogP contribution in [-0.4, -0.2) is 41.9 Å². The first-order valence-corrected chi connectivity index (χ1v) is 8.71. The maximum Gasteiger partial charge on any atom is 0.228 e. The summed E-state index contributed by atoms with van der Waals surface area (Å²) in [4.78, 5) is 28.9. The fourth-order valence-electron chi connectivity index (χ4n) is 3.38. The molecular formula is C19H28N2O3. The van der Waals surface area contributed by atoms with E-state index in [2.05, 4.69) is 0 Å². The number of hydrogen-bond acceptors (Lipinski definition) is 3. The summed E-state index contributed by atoms with van der Waals surface area (Å²) < 4.78 is 5.63. The first-order valence-electron chi connectivity index (χ1n) is 8.71. The lowest BCUT2D eigenvalue weighted by Gasteiger charge is -2.33. The van der Waals surface area contributed by atoms with Gasteiger partial charge in [0.25, 0.3) is 0 Å². The first kappa shape index (κ1) is 18.3. The van der Waals surface area contributed by atoms with Crippen LogP contribution >= 0.6 is 0 Å². The second kappa shape index (κ2) is 7.69. The van der Waals surface area contributed by atoms with Gasteiger partial charge in [0.2, 0.25) is 11.8 Å². The zero-order valence-electron chi connectivity index (χ0n) is 15.3. The number of para-hydroxylation sites is 2. The van der Waals surface area contributed by atoms with Gasteiger partial charge in [-0.05, 0) is 46.8 Å². The number of rotatable bonds is 6. The normalized spacial score (nSPS) is 17.7. The number of amides is 2. The molecule has 2 amide bonds. The van der Waals surface area contributed by atoms with Crippen LogP contribution in [0.1, 0.15) is 41.0 Å². The fraction of sp³-hybridized carbons (Fsp3) is 0.579. The molecule has 24 heavy (non-hydrogen) atoms. The van der Waals surface area contributed by atoms with Gasteiger partial charge in [-0.1, -0.05) is 12.1 Å². The highest BCUT2D eigenvalue weighted by Crippen LogP contribution is 2.33. The van der Waals surface area contributed by atoms with E-state index in [1.165, 1.54) is 0 Å². The van der Waals surface area contributed by atoms with Crippen LogP contribution < -0.4 is 9.64 Å². The van der Waals surface area contributed by atoms with Gasteiger partial charge in [-0.15, -0.1) is 0 Å². The second-order valence-corrected chi connectivity index (χ2v) is 6.74. The molecule has 1 heterocycles. The Hall–Kier alpha value is -2.04. The fourth-order valence-corrected chi connectivity index (χ4v) is 3.38. The van der Waals surface area contributed by atoms with Gasteiger partial charge in [-0.3, -0.25) is 9.59 Å². The van der Waals surface area contributed by atoms with Crippen molar-refractivity contribution >= 4 is 17.5 Å². The smallest absolute Gasteiger partial charge is 0.228 e. The third kappa shape index (κ3) is 3.71. The van der Waals surface area contributed by atoms with Gasteiger partial charge in [0, 0.05) is 25.0 Å². The van der Waals surface area contributed by atoms with Gasteiger partial charge in [-0.25, -0.2) is 0 Å². The number of anilines is 1. The minimum atomic E-state index is -0.294. The van der Waals surface area contributed by atoms with Crippen LogP contribution in [0.25, 0.3) is 0 Å². The quantitative estimate of drug-likeness (QED) is 0.804. The minimum absolute atomic E-state index is 0.0204. The van der Waals surface area contributed by atoms with E-state index in [-0.39, 0.29) is 36.2 Å². The van der Waals surface area contributed by atoms with Crippen LogP contribution in [-0.2, 0) is 9.59 Å². The molecule has 1 atom stereocenters. The maximum atomic E-state index is 12.9. The average Bonchev–Trinajstić information content (AvgIpc) is 2.89. The molecule has 0 N–H and O–H groups in total. The van der Waals surface area contributed by atoms with E-state index in [1.54, 1.807) is 4.90 Å². The van der Waals surface area contributed by atoms with Gasteiger partial charge in [0.15, 0.2) is 0 Å². The Balaban J connectivity index is 2.21. The predicted octanol–water partition coefficient (Wildman–Crippen LogP) is 3.08. The molecule has 0 bridgehead atoms. The summed E-state index contributed by atoms with van der Waals surface area (Å²) >= 11 is 0. The molecule has 132 valence electrons. The Labute approximate surface area is 144 Å². The molecule has 1 aromatic carbocycles. The summed E-state index contributed by atoms with van der Waals surface area (Å²) in [7, 11) is 0. The number of benzene rings is 1. The van der Waals surface area contributed by atoms with E-state index in [0.29, 0.717) is 18.9 Å². The van der Waals surface area contributed by atoms with Crippen molar-refractivity contribution in [2.24, 2.45) is 5.92 Å². The van der Waals surface area contributed by atoms with E-state index >= 15 is 0 Å². The summed E-state index contributed by atoms with van der Waals surface area (Å²) in [6.07, 6.45) is 0.259. The van der Waals surface area contributed by atoms with Gasteiger partial charge in [0.1, 0.15) is 5.75 Å². The molecule has 5 nitrogen and oxygen atoms in total. The molecule has 0 aromatic heterocycles. The molecule has 1 fully saturated rings. The molecular weight excluding hydrogens is 304 g/mol. The first-order chi connectivity index (χ1) is 11.4. The van der Waals surface area contributed by atoms with E-state index in [1.807, 2.05) is 63.8 Å². The van der Waals surface area contributed by atoms with E-state index in [0.717, 1.165) is 5.69 Å². The lowest BCUT2D eigenvalue weighted by molar-refractivity contribution is -0.139. The lowest BCUT2D eigenvalue weighted by Crippen LogP contribution is -2.45. The Morgan fingerprint density at radius 2 is 1.88 bits per heavy atom. The van der Waals surface area contributed by atoms with Gasteiger partial charge < -0.3 is 14.5 Å². The average molecular weight is 332 g/mol. The van der Waals surface area contributed by atoms with E-state index in [9.17, 15) is 9.59 Å². The maximum absolute atomic E-state index is 12.9. The molecule has 0 spiro atoms. The summed E-state index contributed by atoms with van der Waals surface area (Å²) in [6.45, 7) is 10.9. The van der Waals surface area contributed by atoms with Crippen molar-refractivity contribution in [2.45, 2.75) is 53.1 Å². The molecule has 5 heteroatoms. The summed E-state index contributed by atoms with van der Waals surface area (Å²) in [5.41, 5.74) is 0.750. The second-order valence-electron chi connectivity index (χ2n) is 6.74. The van der Waals surface area contributed by atoms with Gasteiger partial charge in [0.05, 0.1) is 18.2 Å². The highest BCUT2D eigenvalue weighted by atomic mass is 16.5. The summed E-state index contributed by atoms with van der Waals surface area (Å²) in [6, 6.07) is 7.75. The van der Waals surface area contributed by atoms with Crippen molar-refractivity contribution < 1.29 is 14.3 Å². The number of nitrogens with zero attached hydrogens (tertiary/aromatic N) is 2. The van der Waals surface area contributed by atoms with E-state index in [4.69, 9.17) is 4.74 Å². The lowest BCUT2D eigenvalue weighted by atomic mass is 10.0. The van der Waals surface area contributed by atoms with Crippen molar-refractivity contribution in [3.05, 3.63) is 24.3 Å². The molecule has 2 rings (SSSR count). The van der Waals surface area contributed by atoms with Crippen LogP contribution in [0.4, 0.5) is 5.69 Å². The highest BCUT2D eigenvalue weighted by molar-refractivity contribution is 6.01. The SMILES string of the molecule is CCOc1ccccc1N1CC(C(=O)N(C(C)C)C(C)C)CC1=O. The monoisotopic (exact) mass is 332 g/mol. The zero-order chi connectivity index (χ0) is 17.9. The molecule has 0 aliphatic carbocycles. The van der Waals surface area contributed by atoms with Gasteiger partial charge >= 0.3 is 0 Å². The number of ether oxygens (including phenoxy) is 1. The Bertz CT molecular complexity index is 590. The van der Waals surface area contributed by atoms with Crippen LogP contribution in [0.15, 0.2) is 24.3 Å². The standard InChI is InChI=1S/C19H28N2O3/c1-6-24-17-10-8-7-9-16(17)20-12-15(11-18(20)22)19(23)21(13(2)3)14(4)5/h7-10,13-15H,6,11-12H2,1-5H3. The zero-order valence-corrected chi connectivity index (χ0v) is 15.3. The molecule has 1 aliphatic heterocycles. The molecule has 1 unspecified atom stereocenters. The van der Waals surface area contributed by atoms with Gasteiger partial charge in [-0.2, -0.15) is 0 Å². The Kier molecular flexibility index (Phi) is 5.86. The number of hydrogen-bond donors (Lipinski definition) is 0. The number of carbonyl (C=O) groups excluding carboxylic acids is 2. The molecule has 1 aromatic rings.